The smallest absolute Gasteiger partial charge is 0.456 e. The summed E-state index contributed by atoms with van der Waals surface area (Å²) < 4.78 is 134. The van der Waals surface area contributed by atoms with Crippen LogP contribution in [0.5, 0.6) is 11.5 Å². The summed E-state index contributed by atoms with van der Waals surface area (Å²) in [7, 11) is -24.4. The number of aliphatic hydroxyl groups is 2. The van der Waals surface area contributed by atoms with Crippen molar-refractivity contribution < 1.29 is 102 Å². The van der Waals surface area contributed by atoms with E-state index in [2.05, 4.69) is 48.2 Å². The van der Waals surface area contributed by atoms with Crippen LogP contribution in [-0.2, 0) is 56.6 Å². The second-order valence-corrected chi connectivity index (χ2v) is 31.2. The number of phosphoric ester groups is 1. The molecule has 0 radical (unpaired) electrons. The Labute approximate surface area is 535 Å². The number of fused-ring (bicyclic) bond motifs is 5. The summed E-state index contributed by atoms with van der Waals surface area (Å²) >= 11 is 0. The van der Waals surface area contributed by atoms with Gasteiger partial charge in [-0.05, 0) is 87.9 Å². The lowest BCUT2D eigenvalue weighted by molar-refractivity contribution is -0.121. The lowest BCUT2D eigenvalue weighted by Gasteiger charge is -2.43. The van der Waals surface area contributed by atoms with E-state index < -0.39 is 97.4 Å². The summed E-state index contributed by atoms with van der Waals surface area (Å²) in [6.45, 7) is 12.8. The molecule has 10 N–H and O–H groups in total. The van der Waals surface area contributed by atoms with Gasteiger partial charge in [-0.1, -0.05) is 37.1 Å². The number of carbonyl (C=O) groups is 2. The topological polar surface area (TPSA) is 439 Å². The van der Waals surface area contributed by atoms with Gasteiger partial charge in [-0.2, -0.15) is 25.5 Å². The van der Waals surface area contributed by atoms with Crippen molar-refractivity contribution in [2.45, 2.75) is 116 Å². The second kappa shape index (κ2) is 27.5. The Morgan fingerprint density at radius 3 is 2.13 bits per heavy atom. The Hall–Kier alpha value is -6.19. The largest absolute Gasteiger partial charge is 0.490 e. The maximum Gasteiger partial charge on any atom is 0.490 e. The van der Waals surface area contributed by atoms with Gasteiger partial charge in [-0.15, -0.1) is 0 Å². The first-order chi connectivity index (χ1) is 43.4. The van der Waals surface area contributed by atoms with Crippen molar-refractivity contribution in [3.63, 3.8) is 0 Å². The standard InChI is InChI=1S/C57H74N9O22P3S2/c1-8-65-42-25-44-40(23-38(42)34(27-56(65,3)4)30-92(78,79)80)48(41-24-39-35(31-93(81,82)83)28-57(5,6)66(9-2)43(39)26-45(41)85-44)36-17-12-13-18-37(36)54(70)63(7)22-16-19-47(67)58-20-14-10-11-15-21-59-52-49-53(61-32-60-52)64(33-62-49)55-51(69)50(68)46(86-55)29-84-90(74,75)88-91(76,77)87-89(71,72)73/h12-13,17-18,23-28,32-33,46,50-51,55,68-69H,8-11,14-16,19-22,29-31H2,1-7H3,(H7-,58,59,60,61,67,71,72,73,74,75,76,77,78,79,80,81,82,83)/p+1/t46-,50-,51-,55-/m1/s1. The molecule has 9 rings (SSSR count). The molecule has 6 heterocycles. The molecule has 6 atom stereocenters. The number of unbranched alkanes of at least 4 members (excludes halogenated alkanes) is 3. The number of amides is 2. The first-order valence-corrected chi connectivity index (χ1v) is 37.3. The van der Waals surface area contributed by atoms with E-state index in [4.69, 9.17) is 19.3 Å². The molecule has 1 fully saturated rings. The Morgan fingerprint density at radius 2 is 1.46 bits per heavy atom. The van der Waals surface area contributed by atoms with Gasteiger partial charge in [0.05, 0.1) is 30.1 Å². The van der Waals surface area contributed by atoms with E-state index in [1.54, 1.807) is 43.4 Å². The van der Waals surface area contributed by atoms with Crippen LogP contribution in [0.4, 0.5) is 11.5 Å². The van der Waals surface area contributed by atoms with Crippen molar-refractivity contribution in [1.29, 1.82) is 0 Å². The van der Waals surface area contributed by atoms with Crippen LogP contribution >= 0.6 is 23.5 Å². The number of ether oxygens (including phenoxy) is 2. The number of anilines is 2. The Bertz CT molecular complexity index is 4350. The number of aromatic nitrogens is 4. The molecule has 31 nitrogen and oxygen atoms in total. The maximum absolute atomic E-state index is 14.8. The zero-order valence-corrected chi connectivity index (χ0v) is 56.0. The third kappa shape index (κ3) is 16.6. The summed E-state index contributed by atoms with van der Waals surface area (Å²) in [5.74, 6) is -0.807. The van der Waals surface area contributed by atoms with Gasteiger partial charge >= 0.3 is 23.5 Å². The number of likely N-dealkylation sites (N-methyl/N-ethyl adjacent to an activating group) is 2. The molecule has 3 aromatic carbocycles. The fourth-order valence-electron chi connectivity index (χ4n) is 12.3. The normalized spacial score (nSPS) is 20.5. The molecule has 0 saturated carbocycles. The molecule has 0 spiro atoms. The highest BCUT2D eigenvalue weighted by atomic mass is 32.2. The third-order valence-corrected chi connectivity index (χ3v) is 21.3. The molecule has 1 saturated heterocycles. The molecule has 36 heteroatoms. The zero-order valence-electron chi connectivity index (χ0n) is 51.7. The summed E-state index contributed by atoms with van der Waals surface area (Å²) in [5.41, 5.74) is 3.21. The quantitative estimate of drug-likeness (QED) is 0.0142. The maximum atomic E-state index is 14.8. The van der Waals surface area contributed by atoms with Crippen molar-refractivity contribution in [3.05, 3.63) is 112 Å². The van der Waals surface area contributed by atoms with Gasteiger partial charge in [0, 0.05) is 92.7 Å². The lowest BCUT2D eigenvalue weighted by atomic mass is 9.83. The van der Waals surface area contributed by atoms with Crippen LogP contribution < -0.4 is 35.4 Å². The van der Waals surface area contributed by atoms with E-state index in [9.17, 15) is 69.2 Å². The number of nitrogens with one attached hydrogen (secondary N) is 2. The van der Waals surface area contributed by atoms with Gasteiger partial charge in [0.1, 0.15) is 54.2 Å². The van der Waals surface area contributed by atoms with Crippen molar-refractivity contribution in [3.8, 4) is 11.5 Å². The number of hydrogen-bond acceptors (Lipinski definition) is 21. The number of aliphatic hydroxyl groups excluding tert-OH is 2. The van der Waals surface area contributed by atoms with E-state index in [0.717, 1.165) is 12.8 Å². The van der Waals surface area contributed by atoms with Gasteiger partial charge in [0.2, 0.25) is 11.3 Å². The first-order valence-electron chi connectivity index (χ1n) is 29.5. The van der Waals surface area contributed by atoms with Gasteiger partial charge < -0.3 is 59.7 Å². The molecule has 2 aromatic heterocycles. The Balaban J connectivity index is 0.827. The number of benzene rings is 3. The highest BCUT2D eigenvalue weighted by Gasteiger charge is 2.48. The highest BCUT2D eigenvalue weighted by Crippen LogP contribution is 2.66. The number of imidazole rings is 1. The second-order valence-electron chi connectivity index (χ2n) is 23.8. The minimum atomic E-state index is -5.81. The van der Waals surface area contributed by atoms with E-state index in [1.165, 1.54) is 22.1 Å². The fraction of sp³-hybridized carbons (Fsp3) is 0.474. The zero-order chi connectivity index (χ0) is 68.0. The van der Waals surface area contributed by atoms with Crippen molar-refractivity contribution in [1.82, 2.24) is 34.3 Å². The molecule has 4 aliphatic rings. The third-order valence-electron chi connectivity index (χ3n) is 16.2. The fourth-order valence-corrected chi connectivity index (χ4v) is 16.6. The Morgan fingerprint density at radius 1 is 0.785 bits per heavy atom. The van der Waals surface area contributed by atoms with E-state index in [1.807, 2.05) is 65.8 Å². The van der Waals surface area contributed by atoms with Crippen LogP contribution in [0.3, 0.4) is 0 Å². The van der Waals surface area contributed by atoms with E-state index in [0.29, 0.717) is 118 Å². The number of carbonyl (C=O) groups excluding carboxylic acids is 2. The minimum absolute atomic E-state index is 0.121. The predicted molar refractivity (Wildman–Crippen MR) is 339 cm³/mol. The minimum Gasteiger partial charge on any atom is -0.456 e. The summed E-state index contributed by atoms with van der Waals surface area (Å²) in [6.07, 6.45) is 3.04. The number of rotatable bonds is 28. The molecular weight excluding hydrogens is 1320 g/mol. The van der Waals surface area contributed by atoms with Crippen LogP contribution in [0, 0.1) is 0 Å². The monoisotopic (exact) mass is 1390 g/mol. The molecule has 0 bridgehead atoms. The number of nitrogens with zero attached hydrogens (tertiary/aromatic N) is 7. The number of phosphoric acid groups is 3. The predicted octanol–water partition coefficient (Wildman–Crippen LogP) is 4.25. The van der Waals surface area contributed by atoms with E-state index in [-0.39, 0.29) is 41.5 Å². The first kappa shape index (κ1) is 71.1. The van der Waals surface area contributed by atoms with Crippen molar-refractivity contribution >= 4 is 94.9 Å². The van der Waals surface area contributed by atoms with Crippen molar-refractivity contribution in [2.75, 3.05) is 68.1 Å². The SMILES string of the molecule is CCN1c2cc3c(cc2C(CS(=O)(=O)O)=CC1(C)C)C(c1ccccc1C(=O)N(C)CCCC(=O)NCCCCCCNc1ncnc2c1ncn2[C@@H]1O[C@H](COP(=O)(O)OP(=O)(O)OP(=O)(O)O)[C@@H](O)[C@H]1O)=c1cc2c(cc1O3)=[N+](CC)C(C)(C)C=C2CS(=O)(=O)O. The molecule has 4 aliphatic heterocycles. The number of hydrogen-bond donors (Lipinski definition) is 10. The van der Waals surface area contributed by atoms with Crippen LogP contribution in [-0.4, -0.2) is 179 Å². The molecule has 2 unspecified atom stereocenters. The summed E-state index contributed by atoms with van der Waals surface area (Å²) in [4.78, 5) is 81.1. The summed E-state index contributed by atoms with van der Waals surface area (Å²) in [5, 5.41) is 28.7. The van der Waals surface area contributed by atoms with Crippen LogP contribution in [0.25, 0.3) is 27.9 Å². The molecule has 93 heavy (non-hydrogen) atoms. The summed E-state index contributed by atoms with van der Waals surface area (Å²) in [6, 6.07) is 14.3. The molecule has 5 aromatic rings. The molecule has 0 aliphatic carbocycles. The molecule has 506 valence electrons. The molecule has 2 amide bonds. The van der Waals surface area contributed by atoms with Crippen molar-refractivity contribution in [2.24, 2.45) is 0 Å². The van der Waals surface area contributed by atoms with Gasteiger partial charge in [-0.25, -0.2) is 33.2 Å². The van der Waals surface area contributed by atoms with E-state index >= 15 is 0 Å². The van der Waals surface area contributed by atoms with Gasteiger partial charge in [0.25, 0.3) is 26.1 Å². The van der Waals surface area contributed by atoms with Gasteiger partial charge in [-0.3, -0.25) is 27.8 Å². The van der Waals surface area contributed by atoms with Crippen LogP contribution in [0.15, 0.2) is 73.3 Å². The molecular formula is C57H75N9O22P3S2+. The van der Waals surface area contributed by atoms with Crippen LogP contribution in [0.2, 0.25) is 0 Å². The van der Waals surface area contributed by atoms with Crippen LogP contribution in [0.1, 0.15) is 119 Å². The Kier molecular flexibility index (Phi) is 21.0. The average molecular weight is 1400 g/mol. The van der Waals surface area contributed by atoms with Gasteiger partial charge in [0.15, 0.2) is 28.7 Å². The highest BCUT2D eigenvalue weighted by molar-refractivity contribution is 7.86. The lowest BCUT2D eigenvalue weighted by Crippen LogP contribution is -2.50. The average Bonchev–Trinajstić information content (AvgIpc) is 1.30.